The molecule has 0 saturated carbocycles. The number of aliphatic hydroxyl groups excluding tert-OH is 1. The van der Waals surface area contributed by atoms with Crippen LogP contribution in [-0.4, -0.2) is 30.9 Å². The van der Waals surface area contributed by atoms with Gasteiger partial charge in [0.15, 0.2) is 0 Å². The molecule has 19 heavy (non-hydrogen) atoms. The Bertz CT molecular complexity index is 388. The third kappa shape index (κ3) is 6.48. The number of aliphatic hydroxyl groups is 1. The van der Waals surface area contributed by atoms with Gasteiger partial charge in [-0.1, -0.05) is 43.5 Å². The topological polar surface area (TPSA) is 41.5 Å². The van der Waals surface area contributed by atoms with Gasteiger partial charge in [0.05, 0.1) is 10.0 Å². The van der Waals surface area contributed by atoms with Gasteiger partial charge in [-0.15, -0.1) is 0 Å². The predicted octanol–water partition coefficient (Wildman–Crippen LogP) is 3.37. The van der Waals surface area contributed by atoms with Crippen molar-refractivity contribution in [3.8, 4) is 5.75 Å². The van der Waals surface area contributed by atoms with Crippen molar-refractivity contribution in [2.75, 3.05) is 19.7 Å². The van der Waals surface area contributed by atoms with Gasteiger partial charge in [0.2, 0.25) is 0 Å². The number of hydrogen-bond donors (Lipinski definition) is 2. The Kier molecular flexibility index (Phi) is 7.54. The first-order valence-corrected chi connectivity index (χ1v) is 7.25. The first kappa shape index (κ1) is 16.6. The lowest BCUT2D eigenvalue weighted by molar-refractivity contribution is 0.105. The van der Waals surface area contributed by atoms with Gasteiger partial charge < -0.3 is 15.2 Å². The van der Waals surface area contributed by atoms with Crippen molar-refractivity contribution < 1.29 is 9.84 Å². The molecule has 2 unspecified atom stereocenters. The van der Waals surface area contributed by atoms with E-state index in [4.69, 9.17) is 27.9 Å². The van der Waals surface area contributed by atoms with Crippen molar-refractivity contribution in [3.05, 3.63) is 28.2 Å². The molecule has 0 radical (unpaired) electrons. The molecule has 0 fully saturated rings. The van der Waals surface area contributed by atoms with Crippen LogP contribution < -0.4 is 10.1 Å². The van der Waals surface area contributed by atoms with E-state index < -0.39 is 6.10 Å². The maximum absolute atomic E-state index is 9.77. The van der Waals surface area contributed by atoms with Crippen LogP contribution in [0.4, 0.5) is 0 Å². The average molecular weight is 306 g/mol. The fourth-order valence-corrected chi connectivity index (χ4v) is 1.75. The van der Waals surface area contributed by atoms with Crippen LogP contribution in [0.15, 0.2) is 18.2 Å². The zero-order chi connectivity index (χ0) is 14.3. The standard InChI is InChI=1S/C14H21Cl2NO2/c1-3-10(2)7-17-8-11(18)9-19-12-4-5-13(15)14(16)6-12/h4-6,10-11,17-18H,3,7-9H2,1-2H3. The van der Waals surface area contributed by atoms with Crippen LogP contribution >= 0.6 is 23.2 Å². The van der Waals surface area contributed by atoms with Crippen LogP contribution in [0.2, 0.25) is 10.0 Å². The van der Waals surface area contributed by atoms with Gasteiger partial charge in [-0.25, -0.2) is 0 Å². The Hall–Kier alpha value is -0.480. The summed E-state index contributed by atoms with van der Waals surface area (Å²) < 4.78 is 5.45. The molecule has 2 atom stereocenters. The van der Waals surface area contributed by atoms with Gasteiger partial charge in [-0.05, 0) is 24.6 Å². The normalized spacial score (nSPS) is 14.2. The summed E-state index contributed by atoms with van der Waals surface area (Å²) in [6.07, 6.45) is 0.585. The van der Waals surface area contributed by atoms with Crippen LogP contribution in [0.1, 0.15) is 20.3 Å². The quantitative estimate of drug-likeness (QED) is 0.774. The summed E-state index contributed by atoms with van der Waals surface area (Å²) in [5, 5.41) is 13.9. The Balaban J connectivity index is 2.25. The molecule has 0 spiro atoms. The Labute approximate surface area is 124 Å². The van der Waals surface area contributed by atoms with Gasteiger partial charge in [0.1, 0.15) is 18.5 Å². The summed E-state index contributed by atoms with van der Waals surface area (Å²) in [6, 6.07) is 5.05. The summed E-state index contributed by atoms with van der Waals surface area (Å²) >= 11 is 11.7. The first-order valence-electron chi connectivity index (χ1n) is 6.49. The van der Waals surface area contributed by atoms with E-state index in [-0.39, 0.29) is 6.61 Å². The maximum Gasteiger partial charge on any atom is 0.121 e. The number of halogens is 2. The SMILES string of the molecule is CCC(C)CNCC(O)COc1ccc(Cl)c(Cl)c1. The molecule has 0 aliphatic heterocycles. The van der Waals surface area contributed by atoms with Crippen molar-refractivity contribution >= 4 is 23.2 Å². The van der Waals surface area contributed by atoms with E-state index >= 15 is 0 Å². The summed E-state index contributed by atoms with van der Waals surface area (Å²) in [7, 11) is 0. The summed E-state index contributed by atoms with van der Waals surface area (Å²) in [5.41, 5.74) is 0. The third-order valence-electron chi connectivity index (χ3n) is 2.90. The van der Waals surface area contributed by atoms with Crippen molar-refractivity contribution in [2.24, 2.45) is 5.92 Å². The van der Waals surface area contributed by atoms with E-state index in [9.17, 15) is 5.11 Å². The number of ether oxygens (including phenoxy) is 1. The zero-order valence-corrected chi connectivity index (χ0v) is 12.8. The van der Waals surface area contributed by atoms with Gasteiger partial charge in [-0.3, -0.25) is 0 Å². The maximum atomic E-state index is 9.77. The molecule has 1 rings (SSSR count). The molecule has 5 heteroatoms. The predicted molar refractivity (Wildman–Crippen MR) is 80.3 cm³/mol. The Morgan fingerprint density at radius 1 is 1.26 bits per heavy atom. The molecule has 0 bridgehead atoms. The number of hydrogen-bond acceptors (Lipinski definition) is 3. The zero-order valence-electron chi connectivity index (χ0n) is 11.3. The van der Waals surface area contributed by atoms with Crippen LogP contribution in [0.5, 0.6) is 5.75 Å². The number of benzene rings is 1. The monoisotopic (exact) mass is 305 g/mol. The second-order valence-electron chi connectivity index (χ2n) is 4.71. The molecular formula is C14H21Cl2NO2. The minimum atomic E-state index is -0.543. The van der Waals surface area contributed by atoms with Crippen LogP contribution in [0.25, 0.3) is 0 Å². The lowest BCUT2D eigenvalue weighted by Gasteiger charge is -2.15. The van der Waals surface area contributed by atoms with Crippen LogP contribution in [0.3, 0.4) is 0 Å². The fourth-order valence-electron chi connectivity index (χ4n) is 1.46. The van der Waals surface area contributed by atoms with E-state index in [0.717, 1.165) is 13.0 Å². The van der Waals surface area contributed by atoms with Crippen molar-refractivity contribution in [3.63, 3.8) is 0 Å². The summed E-state index contributed by atoms with van der Waals surface area (Å²) in [4.78, 5) is 0. The van der Waals surface area contributed by atoms with Crippen molar-refractivity contribution in [2.45, 2.75) is 26.4 Å². The molecule has 0 aliphatic rings. The second kappa shape index (κ2) is 8.64. The Morgan fingerprint density at radius 2 is 2.00 bits per heavy atom. The largest absolute Gasteiger partial charge is 0.491 e. The molecule has 1 aromatic carbocycles. The van der Waals surface area contributed by atoms with E-state index in [1.807, 2.05) is 0 Å². The van der Waals surface area contributed by atoms with Crippen molar-refractivity contribution in [1.82, 2.24) is 5.32 Å². The minimum Gasteiger partial charge on any atom is -0.491 e. The molecule has 0 saturated heterocycles. The molecule has 2 N–H and O–H groups in total. The molecule has 0 aliphatic carbocycles. The molecule has 0 aromatic heterocycles. The molecule has 3 nitrogen and oxygen atoms in total. The highest BCUT2D eigenvalue weighted by molar-refractivity contribution is 6.42. The highest BCUT2D eigenvalue weighted by atomic mass is 35.5. The molecule has 1 aromatic rings. The lowest BCUT2D eigenvalue weighted by Crippen LogP contribution is -2.33. The molecule has 0 heterocycles. The lowest BCUT2D eigenvalue weighted by atomic mass is 10.1. The first-order chi connectivity index (χ1) is 9.02. The number of nitrogens with one attached hydrogen (secondary N) is 1. The second-order valence-corrected chi connectivity index (χ2v) is 5.53. The highest BCUT2D eigenvalue weighted by Gasteiger charge is 2.07. The fraction of sp³-hybridized carbons (Fsp3) is 0.571. The van der Waals surface area contributed by atoms with E-state index in [0.29, 0.717) is 28.3 Å². The van der Waals surface area contributed by atoms with E-state index in [2.05, 4.69) is 19.2 Å². The van der Waals surface area contributed by atoms with Crippen LogP contribution in [0, 0.1) is 5.92 Å². The van der Waals surface area contributed by atoms with Gasteiger partial charge in [0, 0.05) is 12.6 Å². The van der Waals surface area contributed by atoms with E-state index in [1.54, 1.807) is 18.2 Å². The van der Waals surface area contributed by atoms with Crippen molar-refractivity contribution in [1.29, 1.82) is 0 Å². The summed E-state index contributed by atoms with van der Waals surface area (Å²) in [5.74, 6) is 1.22. The van der Waals surface area contributed by atoms with E-state index in [1.165, 1.54) is 0 Å². The van der Waals surface area contributed by atoms with Crippen LogP contribution in [-0.2, 0) is 0 Å². The third-order valence-corrected chi connectivity index (χ3v) is 3.64. The minimum absolute atomic E-state index is 0.228. The smallest absolute Gasteiger partial charge is 0.121 e. The summed E-state index contributed by atoms with van der Waals surface area (Å²) in [6.45, 7) is 5.97. The number of rotatable bonds is 8. The molecule has 0 amide bonds. The Morgan fingerprint density at radius 3 is 2.63 bits per heavy atom. The van der Waals surface area contributed by atoms with Gasteiger partial charge in [-0.2, -0.15) is 0 Å². The van der Waals surface area contributed by atoms with Gasteiger partial charge in [0.25, 0.3) is 0 Å². The highest BCUT2D eigenvalue weighted by Crippen LogP contribution is 2.26. The molecular weight excluding hydrogens is 285 g/mol. The molecule has 108 valence electrons. The average Bonchev–Trinajstić information content (AvgIpc) is 2.40. The van der Waals surface area contributed by atoms with Gasteiger partial charge >= 0.3 is 0 Å².